The number of ketones is 1. The van der Waals surface area contributed by atoms with Crippen molar-refractivity contribution in [2.75, 3.05) is 26.2 Å². The van der Waals surface area contributed by atoms with Crippen LogP contribution >= 0.6 is 0 Å². The first-order valence-corrected chi connectivity index (χ1v) is 7.75. The Balaban J connectivity index is 1.99. The van der Waals surface area contributed by atoms with Crippen LogP contribution in [-0.4, -0.2) is 42.9 Å². The maximum atomic E-state index is 12.4. The van der Waals surface area contributed by atoms with E-state index in [1.165, 1.54) is 5.56 Å². The summed E-state index contributed by atoms with van der Waals surface area (Å²) < 4.78 is 0. The monoisotopic (exact) mass is 274 g/mol. The van der Waals surface area contributed by atoms with E-state index >= 15 is 0 Å². The molecule has 0 aromatic heterocycles. The summed E-state index contributed by atoms with van der Waals surface area (Å²) in [6, 6.07) is 8.49. The Labute approximate surface area is 122 Å². The second-order valence-corrected chi connectivity index (χ2v) is 5.74. The van der Waals surface area contributed by atoms with Crippen LogP contribution in [0.2, 0.25) is 0 Å². The number of rotatable bonds is 6. The molecule has 1 aromatic carbocycles. The van der Waals surface area contributed by atoms with E-state index in [4.69, 9.17) is 0 Å². The predicted octanol–water partition coefficient (Wildman–Crippen LogP) is 2.64. The van der Waals surface area contributed by atoms with Crippen molar-refractivity contribution in [1.82, 2.24) is 10.2 Å². The molecule has 1 aliphatic rings. The largest absolute Gasteiger partial charge is 0.317 e. The molecule has 0 unspecified atom stereocenters. The quantitative estimate of drug-likeness (QED) is 0.809. The lowest BCUT2D eigenvalue weighted by atomic mass is 10.0. The zero-order valence-corrected chi connectivity index (χ0v) is 12.7. The van der Waals surface area contributed by atoms with Crippen LogP contribution in [0.15, 0.2) is 24.3 Å². The molecule has 1 heterocycles. The number of carbonyl (C=O) groups excluding carboxylic acids is 1. The third kappa shape index (κ3) is 4.15. The Morgan fingerprint density at radius 2 is 1.90 bits per heavy atom. The average Bonchev–Trinajstić information content (AvgIpc) is 2.48. The van der Waals surface area contributed by atoms with Gasteiger partial charge >= 0.3 is 0 Å². The van der Waals surface area contributed by atoms with Crippen LogP contribution in [0, 0.1) is 6.92 Å². The molecular formula is C17H26N2O. The summed E-state index contributed by atoms with van der Waals surface area (Å²) in [7, 11) is 0. The van der Waals surface area contributed by atoms with Gasteiger partial charge in [0.15, 0.2) is 5.78 Å². The molecule has 2 rings (SSSR count). The Bertz CT molecular complexity index is 421. The minimum Gasteiger partial charge on any atom is -0.317 e. The minimum absolute atomic E-state index is 0.247. The van der Waals surface area contributed by atoms with Gasteiger partial charge in [-0.1, -0.05) is 36.8 Å². The fourth-order valence-electron chi connectivity index (χ4n) is 2.86. The van der Waals surface area contributed by atoms with Crippen molar-refractivity contribution in [3.8, 4) is 0 Å². The van der Waals surface area contributed by atoms with Gasteiger partial charge in [-0.2, -0.15) is 0 Å². The molecule has 3 nitrogen and oxygen atoms in total. The van der Waals surface area contributed by atoms with Crippen molar-refractivity contribution >= 4 is 5.78 Å². The molecule has 1 aromatic rings. The van der Waals surface area contributed by atoms with Gasteiger partial charge in [-0.15, -0.1) is 0 Å². The second-order valence-electron chi connectivity index (χ2n) is 5.74. The highest BCUT2D eigenvalue weighted by molar-refractivity contribution is 5.97. The Kier molecular flexibility index (Phi) is 5.74. The molecule has 1 N–H and O–H groups in total. The molecule has 0 radical (unpaired) electrons. The van der Waals surface area contributed by atoms with E-state index in [0.717, 1.165) is 44.5 Å². The Morgan fingerprint density at radius 1 is 1.25 bits per heavy atom. The third-order valence-electron chi connectivity index (χ3n) is 4.06. The molecule has 0 amide bonds. The van der Waals surface area contributed by atoms with Crippen LogP contribution in [0.4, 0.5) is 0 Å². The highest BCUT2D eigenvalue weighted by Gasteiger charge is 2.22. The number of piperidine rings is 1. The lowest BCUT2D eigenvalue weighted by Gasteiger charge is -2.34. The maximum absolute atomic E-state index is 12.4. The second kappa shape index (κ2) is 7.55. The van der Waals surface area contributed by atoms with Gasteiger partial charge in [0.25, 0.3) is 0 Å². The van der Waals surface area contributed by atoms with Crippen molar-refractivity contribution in [3.05, 3.63) is 35.4 Å². The molecule has 0 atom stereocenters. The molecule has 3 heteroatoms. The zero-order chi connectivity index (χ0) is 14.4. The molecule has 20 heavy (non-hydrogen) atoms. The van der Waals surface area contributed by atoms with E-state index in [0.29, 0.717) is 12.6 Å². The summed E-state index contributed by atoms with van der Waals surface area (Å²) in [5.74, 6) is 0.247. The molecule has 0 saturated carbocycles. The van der Waals surface area contributed by atoms with Gasteiger partial charge in [-0.3, -0.25) is 9.69 Å². The first kappa shape index (κ1) is 15.2. The summed E-state index contributed by atoms with van der Waals surface area (Å²) in [4.78, 5) is 14.8. The van der Waals surface area contributed by atoms with Gasteiger partial charge in [0.2, 0.25) is 0 Å². The standard InChI is InChI=1S/C17H26N2O/c1-3-12-19(16-8-10-18-11-9-16)13-17(20)15-6-4-14(2)5-7-15/h4-7,16,18H,3,8-13H2,1-2H3. The summed E-state index contributed by atoms with van der Waals surface area (Å²) in [5, 5.41) is 3.39. The first-order valence-electron chi connectivity index (χ1n) is 7.75. The Hall–Kier alpha value is -1.19. The van der Waals surface area contributed by atoms with Gasteiger partial charge in [-0.25, -0.2) is 0 Å². The molecule has 1 aliphatic heterocycles. The topological polar surface area (TPSA) is 32.3 Å². The van der Waals surface area contributed by atoms with E-state index in [9.17, 15) is 4.79 Å². The van der Waals surface area contributed by atoms with Crippen LogP contribution < -0.4 is 5.32 Å². The van der Waals surface area contributed by atoms with E-state index < -0.39 is 0 Å². The number of Topliss-reactive ketones (excluding diaryl/α,β-unsaturated/α-hetero) is 1. The number of carbonyl (C=O) groups is 1. The molecule has 0 bridgehead atoms. The van der Waals surface area contributed by atoms with Gasteiger partial charge in [0.05, 0.1) is 6.54 Å². The van der Waals surface area contributed by atoms with Gasteiger partial charge in [0.1, 0.15) is 0 Å². The number of benzene rings is 1. The fourth-order valence-corrected chi connectivity index (χ4v) is 2.86. The van der Waals surface area contributed by atoms with Crippen LogP contribution in [0.5, 0.6) is 0 Å². The van der Waals surface area contributed by atoms with Crippen molar-refractivity contribution in [2.24, 2.45) is 0 Å². The zero-order valence-electron chi connectivity index (χ0n) is 12.7. The number of aryl methyl sites for hydroxylation is 1. The SMILES string of the molecule is CCCN(CC(=O)c1ccc(C)cc1)C1CCNCC1. The van der Waals surface area contributed by atoms with Gasteiger partial charge < -0.3 is 5.32 Å². The van der Waals surface area contributed by atoms with Crippen molar-refractivity contribution in [3.63, 3.8) is 0 Å². The summed E-state index contributed by atoms with van der Waals surface area (Å²) in [6.45, 7) is 7.95. The van der Waals surface area contributed by atoms with Crippen molar-refractivity contribution < 1.29 is 4.79 Å². The average molecular weight is 274 g/mol. The van der Waals surface area contributed by atoms with E-state index in [-0.39, 0.29) is 5.78 Å². The normalized spacial score (nSPS) is 16.6. The minimum atomic E-state index is 0.247. The van der Waals surface area contributed by atoms with Gasteiger partial charge in [-0.05, 0) is 45.8 Å². The van der Waals surface area contributed by atoms with E-state index in [1.54, 1.807) is 0 Å². The molecule has 0 aliphatic carbocycles. The van der Waals surface area contributed by atoms with E-state index in [2.05, 4.69) is 17.1 Å². The lowest BCUT2D eigenvalue weighted by Crippen LogP contribution is -2.45. The molecule has 1 saturated heterocycles. The number of nitrogens with zero attached hydrogens (tertiary/aromatic N) is 1. The number of hydrogen-bond acceptors (Lipinski definition) is 3. The molecular weight excluding hydrogens is 248 g/mol. The molecule has 1 fully saturated rings. The van der Waals surface area contributed by atoms with Crippen LogP contribution in [-0.2, 0) is 0 Å². The third-order valence-corrected chi connectivity index (χ3v) is 4.06. The molecule has 0 spiro atoms. The first-order chi connectivity index (χ1) is 9.70. The number of hydrogen-bond donors (Lipinski definition) is 1. The predicted molar refractivity (Wildman–Crippen MR) is 83.3 cm³/mol. The van der Waals surface area contributed by atoms with Crippen molar-refractivity contribution in [2.45, 2.75) is 39.2 Å². The molecule has 110 valence electrons. The maximum Gasteiger partial charge on any atom is 0.176 e. The summed E-state index contributed by atoms with van der Waals surface area (Å²) >= 11 is 0. The van der Waals surface area contributed by atoms with Crippen LogP contribution in [0.3, 0.4) is 0 Å². The van der Waals surface area contributed by atoms with E-state index in [1.807, 2.05) is 31.2 Å². The van der Waals surface area contributed by atoms with Gasteiger partial charge in [0, 0.05) is 11.6 Å². The summed E-state index contributed by atoms with van der Waals surface area (Å²) in [5.41, 5.74) is 2.04. The highest BCUT2D eigenvalue weighted by atomic mass is 16.1. The smallest absolute Gasteiger partial charge is 0.176 e. The fraction of sp³-hybridized carbons (Fsp3) is 0.588. The van der Waals surface area contributed by atoms with Crippen molar-refractivity contribution in [1.29, 1.82) is 0 Å². The van der Waals surface area contributed by atoms with Crippen LogP contribution in [0.1, 0.15) is 42.1 Å². The highest BCUT2D eigenvalue weighted by Crippen LogP contribution is 2.14. The lowest BCUT2D eigenvalue weighted by molar-refractivity contribution is 0.0865. The Morgan fingerprint density at radius 3 is 2.50 bits per heavy atom. The number of nitrogens with one attached hydrogen (secondary N) is 1. The van der Waals surface area contributed by atoms with Crippen LogP contribution in [0.25, 0.3) is 0 Å². The summed E-state index contributed by atoms with van der Waals surface area (Å²) in [6.07, 6.45) is 3.41.